The molecule has 1 rings (SSSR count). The van der Waals surface area contributed by atoms with Crippen LogP contribution >= 0.6 is 0 Å². The first-order valence-electron chi connectivity index (χ1n) is 6.02. The lowest BCUT2D eigenvalue weighted by Gasteiger charge is -2.05. The minimum absolute atomic E-state index is 0.854. The summed E-state index contributed by atoms with van der Waals surface area (Å²) in [5.74, 6) is 0.996. The van der Waals surface area contributed by atoms with E-state index in [0.717, 1.165) is 12.4 Å². The lowest BCUT2D eigenvalue weighted by atomic mass is 10.2. The second-order valence-corrected chi connectivity index (χ2v) is 4.08. The van der Waals surface area contributed by atoms with E-state index in [1.165, 1.54) is 37.7 Å². The van der Waals surface area contributed by atoms with Gasteiger partial charge >= 0.3 is 0 Å². The number of ether oxygens (including phenoxy) is 1. The second-order valence-electron chi connectivity index (χ2n) is 4.08. The van der Waals surface area contributed by atoms with Crippen molar-refractivity contribution in [1.82, 2.24) is 0 Å². The maximum atomic E-state index is 5.64. The van der Waals surface area contributed by atoms with Gasteiger partial charge < -0.3 is 4.74 Å². The third-order valence-electron chi connectivity index (χ3n) is 2.54. The van der Waals surface area contributed by atoms with Gasteiger partial charge in [0.05, 0.1) is 6.61 Å². The van der Waals surface area contributed by atoms with Gasteiger partial charge in [0.25, 0.3) is 0 Å². The molecule has 1 heteroatoms. The van der Waals surface area contributed by atoms with Crippen molar-refractivity contribution >= 4 is 0 Å². The molecule has 0 N–H and O–H groups in total. The van der Waals surface area contributed by atoms with Gasteiger partial charge in [-0.2, -0.15) is 0 Å². The van der Waals surface area contributed by atoms with Crippen LogP contribution in [0.5, 0.6) is 5.75 Å². The molecule has 0 aliphatic heterocycles. The van der Waals surface area contributed by atoms with Crippen LogP contribution in [0.2, 0.25) is 0 Å². The topological polar surface area (TPSA) is 9.23 Å². The molecule has 0 bridgehead atoms. The molecule has 0 aliphatic rings. The Kier molecular flexibility index (Phi) is 5.91. The van der Waals surface area contributed by atoms with Crippen molar-refractivity contribution in [3.63, 3.8) is 0 Å². The Balaban J connectivity index is 2.07. The summed E-state index contributed by atoms with van der Waals surface area (Å²) in [5.41, 5.74) is 1.28. The summed E-state index contributed by atoms with van der Waals surface area (Å²) in [6, 6.07) is 8.27. The molecule has 1 aromatic rings. The van der Waals surface area contributed by atoms with Crippen molar-refractivity contribution < 1.29 is 4.74 Å². The van der Waals surface area contributed by atoms with E-state index < -0.39 is 0 Å². The molecule has 1 nitrogen and oxygen atoms in total. The Bertz CT molecular complexity index is 251. The third-order valence-corrected chi connectivity index (χ3v) is 2.54. The largest absolute Gasteiger partial charge is 0.494 e. The molecule has 0 aromatic heterocycles. The molecule has 0 heterocycles. The second kappa shape index (κ2) is 7.33. The molecule has 0 radical (unpaired) electrons. The summed E-state index contributed by atoms with van der Waals surface area (Å²) >= 11 is 0. The van der Waals surface area contributed by atoms with Crippen LogP contribution in [0.3, 0.4) is 0 Å². The number of hydrogen-bond acceptors (Lipinski definition) is 1. The van der Waals surface area contributed by atoms with E-state index in [4.69, 9.17) is 4.74 Å². The molecular weight excluding hydrogens is 184 g/mol. The van der Waals surface area contributed by atoms with E-state index in [0.29, 0.717) is 0 Å². The summed E-state index contributed by atoms with van der Waals surface area (Å²) in [5, 5.41) is 0. The van der Waals surface area contributed by atoms with Crippen LogP contribution in [-0.4, -0.2) is 6.61 Å². The maximum absolute atomic E-state index is 5.64. The highest BCUT2D eigenvalue weighted by Crippen LogP contribution is 2.12. The van der Waals surface area contributed by atoms with Gasteiger partial charge in [-0.25, -0.2) is 0 Å². The maximum Gasteiger partial charge on any atom is 0.119 e. The smallest absolute Gasteiger partial charge is 0.119 e. The van der Waals surface area contributed by atoms with E-state index >= 15 is 0 Å². The molecule has 0 spiro atoms. The van der Waals surface area contributed by atoms with Crippen molar-refractivity contribution in [3.05, 3.63) is 29.8 Å². The predicted octanol–water partition coefficient (Wildman–Crippen LogP) is 4.34. The Morgan fingerprint density at radius 2 is 1.60 bits per heavy atom. The third kappa shape index (κ3) is 5.46. The number of aryl methyl sites for hydroxylation is 1. The normalized spacial score (nSPS) is 10.3. The van der Waals surface area contributed by atoms with Gasteiger partial charge in [0.2, 0.25) is 0 Å². The minimum Gasteiger partial charge on any atom is -0.494 e. The van der Waals surface area contributed by atoms with Crippen LogP contribution in [0, 0.1) is 6.92 Å². The first-order chi connectivity index (χ1) is 7.33. The van der Waals surface area contributed by atoms with Crippen molar-refractivity contribution in [2.75, 3.05) is 6.61 Å². The van der Waals surface area contributed by atoms with Crippen LogP contribution in [0.25, 0.3) is 0 Å². The molecule has 0 fully saturated rings. The van der Waals surface area contributed by atoms with Crippen LogP contribution < -0.4 is 4.74 Å². The van der Waals surface area contributed by atoms with Crippen LogP contribution in [-0.2, 0) is 0 Å². The molecule has 15 heavy (non-hydrogen) atoms. The van der Waals surface area contributed by atoms with Gasteiger partial charge in [0.1, 0.15) is 5.75 Å². The zero-order chi connectivity index (χ0) is 10.9. The summed E-state index contributed by atoms with van der Waals surface area (Å²) in [4.78, 5) is 0. The molecule has 0 amide bonds. The number of hydrogen-bond donors (Lipinski definition) is 0. The van der Waals surface area contributed by atoms with Crippen molar-refractivity contribution in [1.29, 1.82) is 0 Å². The Morgan fingerprint density at radius 1 is 0.933 bits per heavy atom. The van der Waals surface area contributed by atoms with E-state index in [9.17, 15) is 0 Å². The molecule has 0 unspecified atom stereocenters. The molecule has 0 aliphatic carbocycles. The molecule has 0 atom stereocenters. The van der Waals surface area contributed by atoms with Gasteiger partial charge in [-0.3, -0.25) is 0 Å². The standard InChI is InChI=1S/C14H22O/c1-3-4-5-6-7-12-15-14-10-8-13(2)9-11-14/h8-11H,3-7,12H2,1-2H3. The summed E-state index contributed by atoms with van der Waals surface area (Å²) in [6.45, 7) is 5.18. The first kappa shape index (κ1) is 12.1. The molecule has 0 saturated carbocycles. The molecule has 84 valence electrons. The summed E-state index contributed by atoms with van der Waals surface area (Å²) in [7, 11) is 0. The Labute approximate surface area is 93.5 Å². The zero-order valence-corrected chi connectivity index (χ0v) is 9.96. The van der Waals surface area contributed by atoms with Gasteiger partial charge in [-0.1, -0.05) is 50.3 Å². The van der Waals surface area contributed by atoms with Gasteiger partial charge in [-0.05, 0) is 25.5 Å². The predicted molar refractivity (Wildman–Crippen MR) is 65.4 cm³/mol. The monoisotopic (exact) mass is 206 g/mol. The fourth-order valence-electron chi connectivity index (χ4n) is 1.53. The highest BCUT2D eigenvalue weighted by molar-refractivity contribution is 5.26. The van der Waals surface area contributed by atoms with Gasteiger partial charge in [0.15, 0.2) is 0 Å². The SMILES string of the molecule is CCCCCCCOc1ccc(C)cc1. The van der Waals surface area contributed by atoms with Crippen LogP contribution in [0.1, 0.15) is 44.6 Å². The van der Waals surface area contributed by atoms with Gasteiger partial charge in [-0.15, -0.1) is 0 Å². The number of rotatable bonds is 7. The summed E-state index contributed by atoms with van der Waals surface area (Å²) < 4.78 is 5.64. The van der Waals surface area contributed by atoms with Crippen molar-refractivity contribution in [2.24, 2.45) is 0 Å². The molecule has 0 saturated heterocycles. The number of benzene rings is 1. The Hall–Kier alpha value is -0.980. The quantitative estimate of drug-likeness (QED) is 0.603. The Morgan fingerprint density at radius 3 is 2.27 bits per heavy atom. The highest BCUT2D eigenvalue weighted by atomic mass is 16.5. The van der Waals surface area contributed by atoms with Crippen molar-refractivity contribution in [3.8, 4) is 5.75 Å². The lowest BCUT2D eigenvalue weighted by Crippen LogP contribution is -1.97. The van der Waals surface area contributed by atoms with Crippen LogP contribution in [0.15, 0.2) is 24.3 Å². The average Bonchev–Trinajstić information content (AvgIpc) is 2.26. The highest BCUT2D eigenvalue weighted by Gasteiger charge is 1.93. The lowest BCUT2D eigenvalue weighted by molar-refractivity contribution is 0.304. The fourth-order valence-corrected chi connectivity index (χ4v) is 1.53. The molecule has 1 aromatic carbocycles. The number of unbranched alkanes of at least 4 members (excludes halogenated alkanes) is 4. The van der Waals surface area contributed by atoms with Crippen molar-refractivity contribution in [2.45, 2.75) is 46.0 Å². The zero-order valence-electron chi connectivity index (χ0n) is 9.96. The van der Waals surface area contributed by atoms with E-state index in [1.54, 1.807) is 0 Å². The first-order valence-corrected chi connectivity index (χ1v) is 6.02. The average molecular weight is 206 g/mol. The van der Waals surface area contributed by atoms with Gasteiger partial charge in [0, 0.05) is 0 Å². The fraction of sp³-hybridized carbons (Fsp3) is 0.571. The van der Waals surface area contributed by atoms with E-state index in [1.807, 2.05) is 12.1 Å². The minimum atomic E-state index is 0.854. The van der Waals surface area contributed by atoms with Crippen LogP contribution in [0.4, 0.5) is 0 Å². The molecular formula is C14H22O. The van der Waals surface area contributed by atoms with E-state index in [-0.39, 0.29) is 0 Å². The van der Waals surface area contributed by atoms with E-state index in [2.05, 4.69) is 26.0 Å². The summed E-state index contributed by atoms with van der Waals surface area (Å²) in [6.07, 6.45) is 6.46.